The maximum Gasteiger partial charge on any atom is 0.250 e. The van der Waals surface area contributed by atoms with Gasteiger partial charge < -0.3 is 15.0 Å². The number of ether oxygens (including phenoxy) is 1. The molecule has 1 atom stereocenters. The number of fused-ring (bicyclic) bond motifs is 1. The average molecular weight is 377 g/mol. The van der Waals surface area contributed by atoms with Crippen LogP contribution in [-0.4, -0.2) is 43.6 Å². The van der Waals surface area contributed by atoms with Crippen molar-refractivity contribution in [2.45, 2.75) is 19.9 Å². The first-order valence-electron chi connectivity index (χ1n) is 9.36. The Balaban J connectivity index is 1.90. The van der Waals surface area contributed by atoms with E-state index in [2.05, 4.69) is 68.5 Å². The lowest BCUT2D eigenvalue weighted by atomic mass is 10.0. The van der Waals surface area contributed by atoms with Gasteiger partial charge in [-0.1, -0.05) is 24.3 Å². The Kier molecular flexibility index (Phi) is 6.07. The van der Waals surface area contributed by atoms with Crippen molar-refractivity contribution in [3.05, 3.63) is 59.7 Å². The van der Waals surface area contributed by atoms with Crippen molar-refractivity contribution in [1.82, 2.24) is 9.88 Å². The van der Waals surface area contributed by atoms with E-state index in [1.165, 1.54) is 12.7 Å². The number of anilines is 1. The van der Waals surface area contributed by atoms with Gasteiger partial charge in [0.05, 0.1) is 11.2 Å². The van der Waals surface area contributed by atoms with E-state index in [4.69, 9.17) is 9.72 Å². The smallest absolute Gasteiger partial charge is 0.250 e. The fourth-order valence-electron chi connectivity index (χ4n) is 3.18. The monoisotopic (exact) mass is 377 g/mol. The van der Waals surface area contributed by atoms with E-state index in [1.807, 2.05) is 18.2 Å². The predicted octanol–water partition coefficient (Wildman–Crippen LogP) is 4.42. The van der Waals surface area contributed by atoms with Crippen LogP contribution in [0.1, 0.15) is 24.1 Å². The lowest BCUT2D eigenvalue weighted by molar-refractivity contribution is -0.119. The average Bonchev–Trinajstić information content (AvgIpc) is 2.68. The van der Waals surface area contributed by atoms with Gasteiger partial charge >= 0.3 is 0 Å². The number of benzene rings is 2. The molecule has 0 bridgehead atoms. The molecule has 0 saturated carbocycles. The summed E-state index contributed by atoms with van der Waals surface area (Å²) in [6.45, 7) is 4.30. The molecule has 3 rings (SSSR count). The molecule has 1 N–H and O–H groups in total. The zero-order valence-corrected chi connectivity index (χ0v) is 17.1. The van der Waals surface area contributed by atoms with Crippen molar-refractivity contribution < 1.29 is 9.53 Å². The van der Waals surface area contributed by atoms with Gasteiger partial charge in [-0.2, -0.15) is 0 Å². The van der Waals surface area contributed by atoms with Crippen molar-refractivity contribution in [2.75, 3.05) is 33.1 Å². The Morgan fingerprint density at radius 2 is 1.86 bits per heavy atom. The largest absolute Gasteiger partial charge is 0.375 e. The fourth-order valence-corrected chi connectivity index (χ4v) is 3.18. The maximum absolute atomic E-state index is 11.7. The molecule has 1 aromatic heterocycles. The van der Waals surface area contributed by atoms with Crippen LogP contribution in [0.2, 0.25) is 0 Å². The van der Waals surface area contributed by atoms with Crippen LogP contribution in [0.3, 0.4) is 0 Å². The standard InChI is InChI=1S/C23H27N3O2/c1-15-12-22(18-8-6-17(7-9-18)16(2)26(3)4)25-21-11-10-19(13-20(15)21)24-23(27)14-28-5/h6-13,16H,14H2,1-5H3,(H,24,27). The molecule has 0 fully saturated rings. The minimum Gasteiger partial charge on any atom is -0.375 e. The summed E-state index contributed by atoms with van der Waals surface area (Å²) >= 11 is 0. The van der Waals surface area contributed by atoms with Gasteiger partial charge in [0.2, 0.25) is 5.91 Å². The second-order valence-electron chi connectivity index (χ2n) is 7.30. The topological polar surface area (TPSA) is 54.5 Å². The van der Waals surface area contributed by atoms with Gasteiger partial charge in [-0.3, -0.25) is 4.79 Å². The van der Waals surface area contributed by atoms with Crippen LogP contribution in [-0.2, 0) is 9.53 Å². The Bertz CT molecular complexity index is 981. The Hall–Kier alpha value is -2.76. The number of pyridine rings is 1. The summed E-state index contributed by atoms with van der Waals surface area (Å²) in [5, 5.41) is 3.86. The molecular formula is C23H27N3O2. The van der Waals surface area contributed by atoms with E-state index >= 15 is 0 Å². The van der Waals surface area contributed by atoms with Crippen LogP contribution in [0.5, 0.6) is 0 Å². The second-order valence-corrected chi connectivity index (χ2v) is 7.30. The highest BCUT2D eigenvalue weighted by Crippen LogP contribution is 2.28. The van der Waals surface area contributed by atoms with Gasteiger partial charge in [0, 0.05) is 29.8 Å². The van der Waals surface area contributed by atoms with Gasteiger partial charge in [-0.05, 0) is 63.3 Å². The number of methoxy groups -OCH3 is 1. The molecule has 1 heterocycles. The molecule has 1 amide bonds. The van der Waals surface area contributed by atoms with E-state index in [1.54, 1.807) is 0 Å². The predicted molar refractivity (Wildman–Crippen MR) is 115 cm³/mol. The molecule has 2 aromatic carbocycles. The van der Waals surface area contributed by atoms with E-state index in [9.17, 15) is 4.79 Å². The number of amides is 1. The van der Waals surface area contributed by atoms with Crippen LogP contribution >= 0.6 is 0 Å². The highest BCUT2D eigenvalue weighted by Gasteiger charge is 2.10. The fraction of sp³-hybridized carbons (Fsp3) is 0.304. The normalized spacial score (nSPS) is 12.4. The molecule has 5 heteroatoms. The summed E-state index contributed by atoms with van der Waals surface area (Å²) in [5.74, 6) is -0.170. The summed E-state index contributed by atoms with van der Waals surface area (Å²) in [4.78, 5) is 18.8. The summed E-state index contributed by atoms with van der Waals surface area (Å²) in [7, 11) is 5.67. The van der Waals surface area contributed by atoms with E-state index in [0.717, 1.165) is 33.4 Å². The first-order valence-corrected chi connectivity index (χ1v) is 9.36. The number of hydrogen-bond acceptors (Lipinski definition) is 4. The number of aryl methyl sites for hydroxylation is 1. The molecule has 0 aliphatic carbocycles. The minimum absolute atomic E-state index is 0.0383. The zero-order valence-electron chi connectivity index (χ0n) is 17.1. The molecule has 146 valence electrons. The number of carbonyl (C=O) groups excluding carboxylic acids is 1. The van der Waals surface area contributed by atoms with Crippen LogP contribution in [0.25, 0.3) is 22.2 Å². The molecule has 5 nitrogen and oxygen atoms in total. The van der Waals surface area contributed by atoms with E-state index < -0.39 is 0 Å². The first kappa shape index (κ1) is 20.0. The third-order valence-electron chi connectivity index (χ3n) is 5.04. The molecule has 0 saturated heterocycles. The number of hydrogen-bond donors (Lipinski definition) is 1. The van der Waals surface area contributed by atoms with Gasteiger partial charge in [0.15, 0.2) is 0 Å². The first-order chi connectivity index (χ1) is 13.4. The number of nitrogens with one attached hydrogen (secondary N) is 1. The molecule has 0 aliphatic heterocycles. The molecule has 3 aromatic rings. The molecule has 0 spiro atoms. The number of nitrogens with zero attached hydrogens (tertiary/aromatic N) is 2. The van der Waals surface area contributed by atoms with E-state index in [-0.39, 0.29) is 12.5 Å². The van der Waals surface area contributed by atoms with Crippen molar-refractivity contribution in [3.8, 4) is 11.3 Å². The van der Waals surface area contributed by atoms with E-state index in [0.29, 0.717) is 6.04 Å². The van der Waals surface area contributed by atoms with Crippen LogP contribution in [0.4, 0.5) is 5.69 Å². The molecule has 0 radical (unpaired) electrons. The third-order valence-corrected chi connectivity index (χ3v) is 5.04. The number of rotatable bonds is 6. The Labute approximate surface area is 166 Å². The Morgan fingerprint density at radius 3 is 2.50 bits per heavy atom. The maximum atomic E-state index is 11.7. The molecule has 0 aliphatic rings. The summed E-state index contributed by atoms with van der Waals surface area (Å²) in [6, 6.07) is 16.8. The number of aromatic nitrogens is 1. The molecular weight excluding hydrogens is 350 g/mol. The number of carbonyl (C=O) groups is 1. The van der Waals surface area contributed by atoms with Gasteiger partial charge in [0.25, 0.3) is 0 Å². The van der Waals surface area contributed by atoms with Crippen molar-refractivity contribution in [2.24, 2.45) is 0 Å². The summed E-state index contributed by atoms with van der Waals surface area (Å²) in [6.07, 6.45) is 0. The second kappa shape index (κ2) is 8.50. The highest BCUT2D eigenvalue weighted by atomic mass is 16.5. The van der Waals surface area contributed by atoms with Gasteiger partial charge in [-0.25, -0.2) is 4.98 Å². The molecule has 28 heavy (non-hydrogen) atoms. The third kappa shape index (κ3) is 4.38. The Morgan fingerprint density at radius 1 is 1.14 bits per heavy atom. The van der Waals surface area contributed by atoms with Crippen molar-refractivity contribution >= 4 is 22.5 Å². The summed E-state index contributed by atoms with van der Waals surface area (Å²) in [5.41, 5.74) is 6.10. The van der Waals surface area contributed by atoms with Crippen molar-refractivity contribution in [1.29, 1.82) is 0 Å². The SMILES string of the molecule is COCC(=O)Nc1ccc2nc(-c3ccc(C(C)N(C)C)cc3)cc(C)c2c1. The van der Waals surface area contributed by atoms with Crippen LogP contribution in [0, 0.1) is 6.92 Å². The van der Waals surface area contributed by atoms with Gasteiger partial charge in [-0.15, -0.1) is 0 Å². The quantitative estimate of drug-likeness (QED) is 0.691. The van der Waals surface area contributed by atoms with Crippen LogP contribution in [0.15, 0.2) is 48.5 Å². The minimum atomic E-state index is -0.170. The highest BCUT2D eigenvalue weighted by molar-refractivity contribution is 5.95. The lowest BCUT2D eigenvalue weighted by Gasteiger charge is -2.20. The van der Waals surface area contributed by atoms with Crippen LogP contribution < -0.4 is 5.32 Å². The van der Waals surface area contributed by atoms with Gasteiger partial charge in [0.1, 0.15) is 6.61 Å². The lowest BCUT2D eigenvalue weighted by Crippen LogP contribution is -2.17. The zero-order chi connectivity index (χ0) is 20.3. The summed E-state index contributed by atoms with van der Waals surface area (Å²) < 4.78 is 4.86. The van der Waals surface area contributed by atoms with Crippen molar-refractivity contribution in [3.63, 3.8) is 0 Å². The molecule has 1 unspecified atom stereocenters.